The molecule has 0 radical (unpaired) electrons. The molecular formula is C20H21FN4O. The van der Waals surface area contributed by atoms with Crippen LogP contribution in [0.25, 0.3) is 11.3 Å². The molecule has 1 aromatic heterocycles. The lowest BCUT2D eigenvalue weighted by Gasteiger charge is -2.11. The third-order valence-electron chi connectivity index (χ3n) is 3.92. The molecule has 3 aromatic rings. The average Bonchev–Trinajstić information content (AvgIpc) is 3.16. The molecule has 0 bridgehead atoms. The number of guanidine groups is 1. The van der Waals surface area contributed by atoms with Gasteiger partial charge in [0, 0.05) is 25.2 Å². The molecule has 0 aliphatic rings. The molecule has 0 aliphatic heterocycles. The molecule has 2 N–H and O–H groups in total. The lowest BCUT2D eigenvalue weighted by Crippen LogP contribution is -2.38. The van der Waals surface area contributed by atoms with Gasteiger partial charge in [0.1, 0.15) is 11.5 Å². The summed E-state index contributed by atoms with van der Waals surface area (Å²) in [4.78, 5) is 4.16. The van der Waals surface area contributed by atoms with E-state index in [0.717, 1.165) is 17.0 Å². The van der Waals surface area contributed by atoms with E-state index in [1.807, 2.05) is 42.5 Å². The summed E-state index contributed by atoms with van der Waals surface area (Å²) in [7, 11) is 1.69. The average molecular weight is 352 g/mol. The van der Waals surface area contributed by atoms with Gasteiger partial charge < -0.3 is 15.2 Å². The number of nitrogens with one attached hydrogen (secondary N) is 2. The first kappa shape index (κ1) is 17.7. The smallest absolute Gasteiger partial charge is 0.191 e. The standard InChI is InChI=1S/C20H21FN4O/c1-22-20(23-12-11-15-7-5-6-10-18(15)21)24-14-17-13-19(26-25-17)16-8-3-2-4-9-16/h2-10,13H,11-12,14H2,1H3,(H2,22,23,24). The van der Waals surface area contributed by atoms with E-state index in [-0.39, 0.29) is 5.82 Å². The van der Waals surface area contributed by atoms with E-state index in [1.165, 1.54) is 6.07 Å². The number of benzene rings is 2. The van der Waals surface area contributed by atoms with Crippen LogP contribution in [0.1, 0.15) is 11.3 Å². The normalized spacial score (nSPS) is 11.4. The first-order chi connectivity index (χ1) is 12.8. The zero-order valence-corrected chi connectivity index (χ0v) is 14.6. The van der Waals surface area contributed by atoms with Crippen LogP contribution >= 0.6 is 0 Å². The fourth-order valence-electron chi connectivity index (χ4n) is 2.55. The third kappa shape index (κ3) is 4.69. The van der Waals surface area contributed by atoms with Gasteiger partial charge in [-0.2, -0.15) is 0 Å². The Morgan fingerprint density at radius 1 is 1.08 bits per heavy atom. The highest BCUT2D eigenvalue weighted by Gasteiger charge is 2.07. The van der Waals surface area contributed by atoms with Crippen molar-refractivity contribution in [1.29, 1.82) is 0 Å². The summed E-state index contributed by atoms with van der Waals surface area (Å²) in [5.41, 5.74) is 2.44. The fraction of sp³-hybridized carbons (Fsp3) is 0.200. The summed E-state index contributed by atoms with van der Waals surface area (Å²) >= 11 is 0. The number of hydrogen-bond acceptors (Lipinski definition) is 3. The maximum atomic E-state index is 13.6. The molecule has 0 fully saturated rings. The van der Waals surface area contributed by atoms with E-state index < -0.39 is 0 Å². The van der Waals surface area contributed by atoms with E-state index >= 15 is 0 Å². The predicted octanol–water partition coefficient (Wildman–Crippen LogP) is 3.39. The number of hydrogen-bond donors (Lipinski definition) is 2. The summed E-state index contributed by atoms with van der Waals surface area (Å²) in [6, 6.07) is 18.5. The summed E-state index contributed by atoms with van der Waals surface area (Å²) in [5.74, 6) is 1.17. The minimum absolute atomic E-state index is 0.187. The Hall–Kier alpha value is -3.15. The highest BCUT2D eigenvalue weighted by atomic mass is 19.1. The van der Waals surface area contributed by atoms with Gasteiger partial charge in [-0.25, -0.2) is 4.39 Å². The second-order valence-electron chi connectivity index (χ2n) is 5.74. The van der Waals surface area contributed by atoms with E-state index in [4.69, 9.17) is 4.52 Å². The molecule has 0 saturated heterocycles. The first-order valence-corrected chi connectivity index (χ1v) is 8.45. The van der Waals surface area contributed by atoms with Crippen molar-refractivity contribution in [3.8, 4) is 11.3 Å². The number of aliphatic imine (C=N–C) groups is 1. The van der Waals surface area contributed by atoms with Crippen molar-refractivity contribution >= 4 is 5.96 Å². The van der Waals surface area contributed by atoms with Crippen LogP contribution in [0.4, 0.5) is 4.39 Å². The fourth-order valence-corrected chi connectivity index (χ4v) is 2.55. The number of halogens is 1. The molecule has 26 heavy (non-hydrogen) atoms. The van der Waals surface area contributed by atoms with Gasteiger partial charge in [-0.15, -0.1) is 0 Å². The quantitative estimate of drug-likeness (QED) is 0.527. The SMILES string of the molecule is CN=C(NCCc1ccccc1F)NCc1cc(-c2ccccc2)on1. The van der Waals surface area contributed by atoms with Crippen molar-refractivity contribution < 1.29 is 8.91 Å². The highest BCUT2D eigenvalue weighted by Crippen LogP contribution is 2.19. The molecule has 0 amide bonds. The predicted molar refractivity (Wildman–Crippen MR) is 100 cm³/mol. The van der Waals surface area contributed by atoms with Crippen molar-refractivity contribution in [2.24, 2.45) is 4.99 Å². The van der Waals surface area contributed by atoms with Gasteiger partial charge in [-0.05, 0) is 18.1 Å². The van der Waals surface area contributed by atoms with Crippen LogP contribution in [0.5, 0.6) is 0 Å². The molecule has 3 rings (SSSR count). The molecule has 0 saturated carbocycles. The summed E-state index contributed by atoms with van der Waals surface area (Å²) in [5, 5.41) is 10.4. The highest BCUT2D eigenvalue weighted by molar-refractivity contribution is 5.79. The van der Waals surface area contributed by atoms with Crippen LogP contribution < -0.4 is 10.6 Å². The first-order valence-electron chi connectivity index (χ1n) is 8.45. The van der Waals surface area contributed by atoms with Crippen molar-refractivity contribution in [3.05, 3.63) is 77.7 Å². The van der Waals surface area contributed by atoms with Gasteiger partial charge >= 0.3 is 0 Å². The molecule has 5 nitrogen and oxygen atoms in total. The molecule has 0 atom stereocenters. The minimum Gasteiger partial charge on any atom is -0.356 e. The Bertz CT molecular complexity index is 861. The Balaban J connectivity index is 1.49. The third-order valence-corrected chi connectivity index (χ3v) is 3.92. The molecule has 6 heteroatoms. The van der Waals surface area contributed by atoms with Crippen LogP contribution in [-0.2, 0) is 13.0 Å². The zero-order chi connectivity index (χ0) is 18.2. The van der Waals surface area contributed by atoms with E-state index in [0.29, 0.717) is 31.0 Å². The van der Waals surface area contributed by atoms with Gasteiger partial charge in [-0.3, -0.25) is 4.99 Å². The van der Waals surface area contributed by atoms with Crippen molar-refractivity contribution in [1.82, 2.24) is 15.8 Å². The van der Waals surface area contributed by atoms with Crippen LogP contribution in [-0.4, -0.2) is 24.7 Å². The van der Waals surface area contributed by atoms with Crippen molar-refractivity contribution in [2.75, 3.05) is 13.6 Å². The van der Waals surface area contributed by atoms with Crippen LogP contribution in [0.15, 0.2) is 70.2 Å². The molecular weight excluding hydrogens is 331 g/mol. The number of rotatable bonds is 6. The maximum Gasteiger partial charge on any atom is 0.191 e. The second-order valence-corrected chi connectivity index (χ2v) is 5.74. The van der Waals surface area contributed by atoms with Gasteiger partial charge in [-0.1, -0.05) is 53.7 Å². The van der Waals surface area contributed by atoms with Crippen molar-refractivity contribution in [3.63, 3.8) is 0 Å². The Kier molecular flexibility index (Phi) is 5.98. The van der Waals surface area contributed by atoms with Crippen molar-refractivity contribution in [2.45, 2.75) is 13.0 Å². The topological polar surface area (TPSA) is 62.5 Å². The summed E-state index contributed by atoms with van der Waals surface area (Å²) in [6.07, 6.45) is 0.579. The van der Waals surface area contributed by atoms with Gasteiger partial charge in [0.05, 0.1) is 6.54 Å². The van der Waals surface area contributed by atoms with E-state index in [1.54, 1.807) is 19.2 Å². The molecule has 2 aromatic carbocycles. The monoisotopic (exact) mass is 352 g/mol. The molecule has 0 spiro atoms. The Labute approximate surface area is 151 Å². The van der Waals surface area contributed by atoms with Gasteiger partial charge in [0.15, 0.2) is 11.7 Å². The summed E-state index contributed by atoms with van der Waals surface area (Å²) < 4.78 is 19.0. The minimum atomic E-state index is -0.187. The van der Waals surface area contributed by atoms with Crippen LogP contribution in [0.3, 0.4) is 0 Å². The molecule has 134 valence electrons. The largest absolute Gasteiger partial charge is 0.356 e. The maximum absolute atomic E-state index is 13.6. The Morgan fingerprint density at radius 3 is 2.62 bits per heavy atom. The lowest BCUT2D eigenvalue weighted by atomic mass is 10.1. The number of nitrogens with zero attached hydrogens (tertiary/aromatic N) is 2. The van der Waals surface area contributed by atoms with E-state index in [2.05, 4.69) is 20.8 Å². The summed E-state index contributed by atoms with van der Waals surface area (Å²) in [6.45, 7) is 1.06. The van der Waals surface area contributed by atoms with Gasteiger partial charge in [0.25, 0.3) is 0 Å². The Morgan fingerprint density at radius 2 is 1.85 bits per heavy atom. The molecule has 0 aliphatic carbocycles. The van der Waals surface area contributed by atoms with Crippen LogP contribution in [0, 0.1) is 5.82 Å². The number of aromatic nitrogens is 1. The second kappa shape index (κ2) is 8.80. The zero-order valence-electron chi connectivity index (χ0n) is 14.6. The van der Waals surface area contributed by atoms with Crippen LogP contribution in [0.2, 0.25) is 0 Å². The lowest BCUT2D eigenvalue weighted by molar-refractivity contribution is 0.422. The molecule has 0 unspecified atom stereocenters. The van der Waals surface area contributed by atoms with Gasteiger partial charge in [0.2, 0.25) is 0 Å². The molecule has 1 heterocycles. The van der Waals surface area contributed by atoms with E-state index in [9.17, 15) is 4.39 Å².